The maximum Gasteiger partial charge on any atom is 0.333 e. The van der Waals surface area contributed by atoms with Gasteiger partial charge in [0.1, 0.15) is 0 Å². The van der Waals surface area contributed by atoms with Gasteiger partial charge >= 0.3 is 5.97 Å². The van der Waals surface area contributed by atoms with E-state index in [4.69, 9.17) is 0 Å². The first-order chi connectivity index (χ1) is 9.45. The van der Waals surface area contributed by atoms with Crippen LogP contribution in [-0.2, 0) is 15.1 Å². The summed E-state index contributed by atoms with van der Waals surface area (Å²) >= 11 is 0. The van der Waals surface area contributed by atoms with Crippen molar-refractivity contribution in [3.05, 3.63) is 35.9 Å². The van der Waals surface area contributed by atoms with Gasteiger partial charge in [-0.3, -0.25) is 4.79 Å². The second kappa shape index (κ2) is 5.63. The Morgan fingerprint density at radius 3 is 2.50 bits per heavy atom. The molecule has 0 aromatic heterocycles. The first-order valence-corrected chi connectivity index (χ1v) is 6.79. The van der Waals surface area contributed by atoms with E-state index in [0.717, 1.165) is 13.0 Å². The number of hydrogen-bond acceptors (Lipinski definition) is 3. The zero-order valence-corrected chi connectivity index (χ0v) is 11.7. The van der Waals surface area contributed by atoms with Crippen molar-refractivity contribution in [1.29, 1.82) is 0 Å². The van der Waals surface area contributed by atoms with E-state index >= 15 is 0 Å². The Hall–Kier alpha value is -1.88. The van der Waals surface area contributed by atoms with Crippen LogP contribution in [0.2, 0.25) is 0 Å². The Labute approximate surface area is 118 Å². The van der Waals surface area contributed by atoms with Crippen LogP contribution < -0.4 is 10.6 Å². The van der Waals surface area contributed by atoms with E-state index in [9.17, 15) is 14.7 Å². The van der Waals surface area contributed by atoms with Gasteiger partial charge in [-0.25, -0.2) is 4.79 Å². The molecule has 3 N–H and O–H groups in total. The summed E-state index contributed by atoms with van der Waals surface area (Å²) in [4.78, 5) is 23.9. The fourth-order valence-corrected chi connectivity index (χ4v) is 2.53. The predicted molar refractivity (Wildman–Crippen MR) is 75.1 cm³/mol. The van der Waals surface area contributed by atoms with Crippen LogP contribution in [0.5, 0.6) is 0 Å². The molecule has 1 saturated heterocycles. The highest BCUT2D eigenvalue weighted by Crippen LogP contribution is 2.23. The minimum Gasteiger partial charge on any atom is -0.479 e. The molecule has 3 atom stereocenters. The molecule has 1 fully saturated rings. The van der Waals surface area contributed by atoms with Gasteiger partial charge in [0.25, 0.3) is 0 Å². The van der Waals surface area contributed by atoms with Crippen LogP contribution in [0.3, 0.4) is 0 Å². The Morgan fingerprint density at radius 1 is 1.35 bits per heavy atom. The molecule has 0 aliphatic carbocycles. The maximum atomic E-state index is 12.3. The number of carboxylic acid groups (broad SMARTS) is 1. The molecule has 1 aromatic rings. The normalized spacial score (nSPS) is 24.9. The number of benzene rings is 1. The lowest BCUT2D eigenvalue weighted by Gasteiger charge is -2.29. The van der Waals surface area contributed by atoms with Gasteiger partial charge < -0.3 is 15.7 Å². The first kappa shape index (κ1) is 14.5. The van der Waals surface area contributed by atoms with Crippen LogP contribution in [-0.4, -0.2) is 29.6 Å². The van der Waals surface area contributed by atoms with Crippen molar-refractivity contribution in [3.8, 4) is 0 Å². The SMILES string of the molecule is CC1CCNC1C(=O)NC(C)(C(=O)O)c1ccccc1. The quantitative estimate of drug-likeness (QED) is 0.769. The molecule has 0 saturated carbocycles. The van der Waals surface area contributed by atoms with Gasteiger partial charge in [0.2, 0.25) is 5.91 Å². The van der Waals surface area contributed by atoms with Crippen molar-refractivity contribution in [2.24, 2.45) is 5.92 Å². The van der Waals surface area contributed by atoms with Crippen LogP contribution in [0.15, 0.2) is 30.3 Å². The van der Waals surface area contributed by atoms with Crippen molar-refractivity contribution < 1.29 is 14.7 Å². The number of hydrogen-bond donors (Lipinski definition) is 3. The van der Waals surface area contributed by atoms with E-state index < -0.39 is 11.5 Å². The monoisotopic (exact) mass is 276 g/mol. The molecule has 1 aliphatic rings. The van der Waals surface area contributed by atoms with Crippen LogP contribution in [0, 0.1) is 5.92 Å². The molecule has 2 rings (SSSR count). The molecular weight excluding hydrogens is 256 g/mol. The highest BCUT2D eigenvalue weighted by Gasteiger charge is 2.40. The van der Waals surface area contributed by atoms with Crippen molar-refractivity contribution in [3.63, 3.8) is 0 Å². The lowest BCUT2D eigenvalue weighted by atomic mass is 9.91. The third-order valence-electron chi connectivity index (χ3n) is 3.97. The molecular formula is C15H20N2O3. The average Bonchev–Trinajstić information content (AvgIpc) is 2.85. The van der Waals surface area contributed by atoms with E-state index in [1.807, 2.05) is 13.0 Å². The van der Waals surface area contributed by atoms with Crippen molar-refractivity contribution >= 4 is 11.9 Å². The van der Waals surface area contributed by atoms with Crippen LogP contribution >= 0.6 is 0 Å². The lowest BCUT2D eigenvalue weighted by Crippen LogP contribution is -2.55. The number of aliphatic carboxylic acids is 1. The van der Waals surface area contributed by atoms with Crippen LogP contribution in [0.1, 0.15) is 25.8 Å². The summed E-state index contributed by atoms with van der Waals surface area (Å²) in [5, 5.41) is 15.3. The average molecular weight is 276 g/mol. The Balaban J connectivity index is 2.22. The number of carboxylic acids is 1. The molecule has 5 nitrogen and oxygen atoms in total. The standard InChI is InChI=1S/C15H20N2O3/c1-10-8-9-16-12(10)13(18)17-15(2,14(19)20)11-6-4-3-5-7-11/h3-7,10,12,16H,8-9H2,1-2H3,(H,17,18)(H,19,20). The highest BCUT2D eigenvalue weighted by molar-refractivity contribution is 5.90. The zero-order chi connectivity index (χ0) is 14.8. The highest BCUT2D eigenvalue weighted by atomic mass is 16.4. The van der Waals surface area contributed by atoms with Gasteiger partial charge in [-0.2, -0.15) is 0 Å². The summed E-state index contributed by atoms with van der Waals surface area (Å²) in [5.41, 5.74) is -0.853. The van der Waals surface area contributed by atoms with Gasteiger partial charge in [0.05, 0.1) is 6.04 Å². The zero-order valence-electron chi connectivity index (χ0n) is 11.7. The molecule has 1 aromatic carbocycles. The third-order valence-corrected chi connectivity index (χ3v) is 3.97. The minimum absolute atomic E-state index is 0.212. The largest absolute Gasteiger partial charge is 0.479 e. The Kier molecular flexibility index (Phi) is 4.09. The van der Waals surface area contributed by atoms with Gasteiger partial charge in [-0.05, 0) is 31.4 Å². The van der Waals surface area contributed by atoms with E-state index in [2.05, 4.69) is 10.6 Å². The summed E-state index contributed by atoms with van der Waals surface area (Å²) in [6.07, 6.45) is 0.924. The fraction of sp³-hybridized carbons (Fsp3) is 0.467. The molecule has 20 heavy (non-hydrogen) atoms. The predicted octanol–water partition coefficient (Wildman–Crippen LogP) is 1.10. The molecule has 5 heteroatoms. The molecule has 1 amide bonds. The first-order valence-electron chi connectivity index (χ1n) is 6.79. The number of carbonyl (C=O) groups excluding carboxylic acids is 1. The van der Waals surface area contributed by atoms with Gasteiger partial charge in [-0.1, -0.05) is 37.3 Å². The molecule has 1 heterocycles. The lowest BCUT2D eigenvalue weighted by molar-refractivity contribution is -0.147. The summed E-state index contributed by atoms with van der Waals surface area (Å²) in [7, 11) is 0. The fourth-order valence-electron chi connectivity index (χ4n) is 2.53. The molecule has 0 bridgehead atoms. The molecule has 0 radical (unpaired) electrons. The molecule has 3 unspecified atom stereocenters. The molecule has 1 aliphatic heterocycles. The van der Waals surface area contributed by atoms with Crippen molar-refractivity contribution in [1.82, 2.24) is 10.6 Å². The maximum absolute atomic E-state index is 12.3. The number of carbonyl (C=O) groups is 2. The van der Waals surface area contributed by atoms with Crippen molar-refractivity contribution in [2.45, 2.75) is 31.8 Å². The van der Waals surface area contributed by atoms with Crippen molar-refractivity contribution in [2.75, 3.05) is 6.54 Å². The second-order valence-electron chi connectivity index (χ2n) is 5.48. The smallest absolute Gasteiger partial charge is 0.333 e. The van der Waals surface area contributed by atoms with Crippen LogP contribution in [0.4, 0.5) is 0 Å². The van der Waals surface area contributed by atoms with E-state index in [0.29, 0.717) is 5.56 Å². The molecule has 0 spiro atoms. The number of rotatable bonds is 4. The second-order valence-corrected chi connectivity index (χ2v) is 5.48. The minimum atomic E-state index is -1.41. The van der Waals surface area contributed by atoms with E-state index in [1.165, 1.54) is 6.92 Å². The van der Waals surface area contributed by atoms with Gasteiger partial charge in [-0.15, -0.1) is 0 Å². The van der Waals surface area contributed by atoms with Crippen LogP contribution in [0.25, 0.3) is 0 Å². The summed E-state index contributed by atoms with van der Waals surface area (Å²) in [5.74, 6) is -1.12. The summed E-state index contributed by atoms with van der Waals surface area (Å²) in [6.45, 7) is 4.29. The number of nitrogens with one attached hydrogen (secondary N) is 2. The molecule has 108 valence electrons. The van der Waals surface area contributed by atoms with Gasteiger partial charge in [0.15, 0.2) is 5.54 Å². The Morgan fingerprint density at radius 2 is 2.00 bits per heavy atom. The Bertz CT molecular complexity index is 503. The van der Waals surface area contributed by atoms with E-state index in [-0.39, 0.29) is 17.9 Å². The topological polar surface area (TPSA) is 78.4 Å². The third kappa shape index (κ3) is 2.67. The van der Waals surface area contributed by atoms with Gasteiger partial charge in [0, 0.05) is 0 Å². The number of amides is 1. The summed E-state index contributed by atoms with van der Waals surface area (Å²) < 4.78 is 0. The summed E-state index contributed by atoms with van der Waals surface area (Å²) in [6, 6.07) is 8.43. The van der Waals surface area contributed by atoms with E-state index in [1.54, 1.807) is 24.3 Å².